The average Bonchev–Trinajstić information content (AvgIpc) is 2.57. The third-order valence-electron chi connectivity index (χ3n) is 3.77. The summed E-state index contributed by atoms with van der Waals surface area (Å²) in [6.07, 6.45) is 1.20. The molecule has 0 aromatic heterocycles. The van der Waals surface area contributed by atoms with Gasteiger partial charge in [-0.1, -0.05) is 41.9 Å². The van der Waals surface area contributed by atoms with Crippen molar-refractivity contribution in [3.8, 4) is 0 Å². The molecule has 126 valence electrons. The lowest BCUT2D eigenvalue weighted by atomic mass is 10.0. The Labute approximate surface area is 149 Å². The summed E-state index contributed by atoms with van der Waals surface area (Å²) >= 11 is 6.02. The van der Waals surface area contributed by atoms with Crippen molar-refractivity contribution in [3.05, 3.63) is 59.1 Å². The molecule has 0 spiro atoms. The van der Waals surface area contributed by atoms with Crippen LogP contribution in [0.3, 0.4) is 0 Å². The van der Waals surface area contributed by atoms with Crippen LogP contribution in [0.4, 0.5) is 16.2 Å². The summed E-state index contributed by atoms with van der Waals surface area (Å²) in [6.45, 7) is 1.78. The zero-order valence-electron chi connectivity index (χ0n) is 13.3. The van der Waals surface area contributed by atoms with Crippen molar-refractivity contribution in [1.29, 1.82) is 0 Å². The minimum Gasteiger partial charge on any atom is -0.276 e. The number of imide groups is 2. The molecule has 0 radical (unpaired) electrons. The van der Waals surface area contributed by atoms with Gasteiger partial charge in [0.2, 0.25) is 5.91 Å². The zero-order valence-corrected chi connectivity index (χ0v) is 14.0. The van der Waals surface area contributed by atoms with E-state index in [4.69, 9.17) is 11.6 Å². The first-order valence-electron chi connectivity index (χ1n) is 7.52. The summed E-state index contributed by atoms with van der Waals surface area (Å²) in [5, 5.41) is 2.59. The minimum atomic E-state index is -1.21. The maximum absolute atomic E-state index is 12.7. The summed E-state index contributed by atoms with van der Waals surface area (Å²) < 4.78 is 0. The highest BCUT2D eigenvalue weighted by Crippen LogP contribution is 2.26. The maximum Gasteiger partial charge on any atom is 0.335 e. The molecular weight excluding hydrogens is 342 g/mol. The van der Waals surface area contributed by atoms with E-state index in [1.807, 2.05) is 0 Å². The number of anilines is 1. The van der Waals surface area contributed by atoms with Gasteiger partial charge < -0.3 is 0 Å². The van der Waals surface area contributed by atoms with Crippen molar-refractivity contribution in [2.24, 2.45) is 10.9 Å². The Bertz CT molecular complexity index is 895. The topological polar surface area (TPSA) is 78.8 Å². The smallest absolute Gasteiger partial charge is 0.276 e. The molecule has 0 bridgehead atoms. The lowest BCUT2D eigenvalue weighted by Crippen LogP contribution is -2.58. The number of rotatable bonds is 3. The second-order valence-corrected chi connectivity index (χ2v) is 5.87. The number of nitrogens with one attached hydrogen (secondary N) is 1. The van der Waals surface area contributed by atoms with Gasteiger partial charge in [-0.05, 0) is 30.7 Å². The number of aryl methyl sites for hydroxylation is 1. The molecule has 0 saturated carbocycles. The van der Waals surface area contributed by atoms with Gasteiger partial charge in [0.15, 0.2) is 5.92 Å². The first kappa shape index (κ1) is 16.9. The van der Waals surface area contributed by atoms with E-state index in [2.05, 4.69) is 10.3 Å². The fraction of sp³-hybridized carbons (Fsp3) is 0.111. The molecule has 2 aromatic rings. The fourth-order valence-corrected chi connectivity index (χ4v) is 2.66. The molecule has 1 aliphatic heterocycles. The third-order valence-corrected chi connectivity index (χ3v) is 4.09. The molecular formula is C18H14ClN3O3. The van der Waals surface area contributed by atoms with E-state index in [1.165, 1.54) is 6.21 Å². The van der Waals surface area contributed by atoms with Gasteiger partial charge in [0.1, 0.15) is 0 Å². The van der Waals surface area contributed by atoms with Crippen LogP contribution in [-0.4, -0.2) is 24.1 Å². The van der Waals surface area contributed by atoms with Crippen molar-refractivity contribution in [2.75, 3.05) is 4.90 Å². The van der Waals surface area contributed by atoms with Crippen LogP contribution in [0.15, 0.2) is 53.5 Å². The van der Waals surface area contributed by atoms with E-state index in [0.717, 1.165) is 10.5 Å². The average molecular weight is 356 g/mol. The lowest BCUT2D eigenvalue weighted by Gasteiger charge is -2.29. The van der Waals surface area contributed by atoms with E-state index >= 15 is 0 Å². The molecule has 0 aliphatic carbocycles. The number of carbonyl (C=O) groups is 3. The van der Waals surface area contributed by atoms with Crippen LogP contribution in [0.5, 0.6) is 0 Å². The molecule has 1 atom stereocenters. The van der Waals surface area contributed by atoms with Gasteiger partial charge >= 0.3 is 6.03 Å². The van der Waals surface area contributed by atoms with Gasteiger partial charge in [0, 0.05) is 6.21 Å². The fourth-order valence-electron chi connectivity index (χ4n) is 2.48. The highest BCUT2D eigenvalue weighted by Gasteiger charge is 2.40. The van der Waals surface area contributed by atoms with E-state index in [-0.39, 0.29) is 0 Å². The number of amides is 4. The Kier molecular flexibility index (Phi) is 4.63. The zero-order chi connectivity index (χ0) is 18.0. The van der Waals surface area contributed by atoms with Crippen LogP contribution in [0.2, 0.25) is 5.02 Å². The molecule has 1 aliphatic rings. The van der Waals surface area contributed by atoms with Crippen LogP contribution >= 0.6 is 11.6 Å². The van der Waals surface area contributed by atoms with Crippen LogP contribution in [0.25, 0.3) is 0 Å². The summed E-state index contributed by atoms with van der Waals surface area (Å²) in [4.78, 5) is 42.0. The van der Waals surface area contributed by atoms with Crippen LogP contribution in [-0.2, 0) is 9.59 Å². The van der Waals surface area contributed by atoms with E-state index in [0.29, 0.717) is 16.4 Å². The Balaban J connectivity index is 1.94. The first-order valence-corrected chi connectivity index (χ1v) is 7.90. The number of aliphatic imine (C=N–C) groups is 1. The molecule has 7 heteroatoms. The Hall–Kier alpha value is -2.99. The van der Waals surface area contributed by atoms with Crippen LogP contribution in [0, 0.1) is 12.8 Å². The molecule has 1 saturated heterocycles. The number of hydrogen-bond acceptors (Lipinski definition) is 4. The molecule has 1 N–H and O–H groups in total. The van der Waals surface area contributed by atoms with E-state index in [1.54, 1.807) is 55.5 Å². The highest BCUT2D eigenvalue weighted by molar-refractivity contribution is 6.34. The van der Waals surface area contributed by atoms with Crippen molar-refractivity contribution in [2.45, 2.75) is 6.92 Å². The van der Waals surface area contributed by atoms with Crippen LogP contribution < -0.4 is 10.2 Å². The molecule has 2 aromatic carbocycles. The van der Waals surface area contributed by atoms with Gasteiger partial charge in [0.25, 0.3) is 5.91 Å². The number of urea groups is 1. The van der Waals surface area contributed by atoms with Gasteiger partial charge in [-0.25, -0.2) is 9.69 Å². The number of hydrogen-bond donors (Lipinski definition) is 1. The largest absolute Gasteiger partial charge is 0.335 e. The number of halogens is 1. The van der Waals surface area contributed by atoms with E-state index in [9.17, 15) is 14.4 Å². The van der Waals surface area contributed by atoms with Gasteiger partial charge in [-0.15, -0.1) is 0 Å². The van der Waals surface area contributed by atoms with E-state index < -0.39 is 23.8 Å². The minimum absolute atomic E-state index is 0.397. The Morgan fingerprint density at radius 3 is 2.48 bits per heavy atom. The molecule has 4 amide bonds. The van der Waals surface area contributed by atoms with Gasteiger partial charge in [0.05, 0.1) is 16.4 Å². The molecule has 1 heterocycles. The van der Waals surface area contributed by atoms with Crippen LogP contribution in [0.1, 0.15) is 5.56 Å². The first-order chi connectivity index (χ1) is 12.0. The molecule has 0 unspecified atom stereocenters. The monoisotopic (exact) mass is 355 g/mol. The summed E-state index contributed by atoms with van der Waals surface area (Å²) in [7, 11) is 0. The molecule has 25 heavy (non-hydrogen) atoms. The number of barbiturate groups is 1. The second-order valence-electron chi connectivity index (χ2n) is 5.46. The Morgan fingerprint density at radius 1 is 1.08 bits per heavy atom. The SMILES string of the molecule is Cc1ccccc1N1C(=O)NC(=O)[C@H](C=Nc2ccccc2Cl)C1=O. The summed E-state index contributed by atoms with van der Waals surface area (Å²) in [5.74, 6) is -2.58. The van der Waals surface area contributed by atoms with Crippen molar-refractivity contribution in [3.63, 3.8) is 0 Å². The van der Waals surface area contributed by atoms with Crippen molar-refractivity contribution >= 4 is 47.0 Å². The van der Waals surface area contributed by atoms with Crippen molar-refractivity contribution in [1.82, 2.24) is 5.32 Å². The predicted molar refractivity (Wildman–Crippen MR) is 95.3 cm³/mol. The second kappa shape index (κ2) is 6.86. The molecule has 6 nitrogen and oxygen atoms in total. The lowest BCUT2D eigenvalue weighted by molar-refractivity contribution is -0.131. The number of para-hydroxylation sites is 2. The van der Waals surface area contributed by atoms with Gasteiger partial charge in [-0.3, -0.25) is 19.9 Å². The quantitative estimate of drug-likeness (QED) is 0.678. The summed E-state index contributed by atoms with van der Waals surface area (Å²) in [5.41, 5.74) is 1.60. The number of nitrogens with zero attached hydrogens (tertiary/aromatic N) is 2. The maximum atomic E-state index is 12.7. The number of benzene rings is 2. The standard InChI is InChI=1S/C18H14ClN3O3/c1-11-6-2-5-9-15(11)22-17(24)12(16(23)21-18(22)25)10-20-14-8-4-3-7-13(14)19/h2-10,12H,1H3,(H,21,23,25)/t12-/m0/s1. The molecule has 1 fully saturated rings. The summed E-state index contributed by atoms with van der Waals surface area (Å²) in [6, 6.07) is 13.0. The molecule has 3 rings (SSSR count). The van der Waals surface area contributed by atoms with Crippen molar-refractivity contribution < 1.29 is 14.4 Å². The normalized spacial score (nSPS) is 17.9. The predicted octanol–water partition coefficient (Wildman–Crippen LogP) is 3.25. The number of carbonyl (C=O) groups excluding carboxylic acids is 3. The Morgan fingerprint density at radius 2 is 1.76 bits per heavy atom. The van der Waals surface area contributed by atoms with Gasteiger partial charge in [-0.2, -0.15) is 0 Å². The third kappa shape index (κ3) is 3.29. The highest BCUT2D eigenvalue weighted by atomic mass is 35.5.